The minimum absolute atomic E-state index is 0.0825. The summed E-state index contributed by atoms with van der Waals surface area (Å²) >= 11 is 0. The van der Waals surface area contributed by atoms with Gasteiger partial charge >= 0.3 is 11.9 Å². The second-order valence-electron chi connectivity index (χ2n) is 9.08. The number of carbonyl (C=O) groups is 1. The Kier molecular flexibility index (Phi) is 8.87. The van der Waals surface area contributed by atoms with Crippen LogP contribution in [-0.2, 0) is 4.79 Å². The third-order valence-corrected chi connectivity index (χ3v) is 6.02. The molecule has 15 heteroatoms. The largest absolute Gasteiger partial charge is 0.482 e. The van der Waals surface area contributed by atoms with Gasteiger partial charge in [0.25, 0.3) is 0 Å². The molecule has 1 fully saturated rings. The summed E-state index contributed by atoms with van der Waals surface area (Å²) < 4.78 is 44.2. The number of nitro groups is 1. The first-order chi connectivity index (χ1) is 19.5. The van der Waals surface area contributed by atoms with Crippen LogP contribution < -0.4 is 25.6 Å². The van der Waals surface area contributed by atoms with E-state index in [2.05, 4.69) is 37.4 Å². The van der Waals surface area contributed by atoms with Crippen LogP contribution in [0.3, 0.4) is 0 Å². The molecule has 1 amide bonds. The predicted molar refractivity (Wildman–Crippen MR) is 148 cm³/mol. The molecular formula is C26H27F3N8O4. The van der Waals surface area contributed by atoms with E-state index in [1.807, 2.05) is 11.9 Å². The highest BCUT2D eigenvalue weighted by molar-refractivity contribution is 5.99. The molecule has 2 aromatic carbocycles. The van der Waals surface area contributed by atoms with Gasteiger partial charge in [-0.05, 0) is 43.5 Å². The van der Waals surface area contributed by atoms with E-state index < -0.39 is 29.3 Å². The van der Waals surface area contributed by atoms with Crippen LogP contribution in [-0.4, -0.2) is 71.7 Å². The number of carbonyl (C=O) groups excluding carboxylic acids is 1. The van der Waals surface area contributed by atoms with E-state index in [1.54, 1.807) is 30.3 Å². The van der Waals surface area contributed by atoms with Gasteiger partial charge in [0.15, 0.2) is 6.61 Å². The van der Waals surface area contributed by atoms with Crippen molar-refractivity contribution in [3.63, 3.8) is 0 Å². The zero-order chi connectivity index (χ0) is 29.6. The smallest absolute Gasteiger partial charge is 0.422 e. The highest BCUT2D eigenvalue weighted by atomic mass is 19.4. The second kappa shape index (κ2) is 12.5. The molecule has 1 aliphatic rings. The summed E-state index contributed by atoms with van der Waals surface area (Å²) in [5.74, 6) is -0.838. The van der Waals surface area contributed by atoms with Gasteiger partial charge in [0.05, 0.1) is 10.6 Å². The molecule has 0 atom stereocenters. The summed E-state index contributed by atoms with van der Waals surface area (Å²) in [6, 6.07) is 11.1. The number of amides is 1. The van der Waals surface area contributed by atoms with Gasteiger partial charge in [-0.25, -0.2) is 4.98 Å². The molecule has 1 aromatic heterocycles. The normalized spacial score (nSPS) is 13.8. The lowest BCUT2D eigenvalue weighted by Crippen LogP contribution is -2.44. The molecule has 3 N–H and O–H groups in total. The van der Waals surface area contributed by atoms with Crippen molar-refractivity contribution in [2.75, 3.05) is 60.7 Å². The second-order valence-corrected chi connectivity index (χ2v) is 9.08. The fourth-order valence-corrected chi connectivity index (χ4v) is 3.94. The van der Waals surface area contributed by atoms with Crippen LogP contribution >= 0.6 is 0 Å². The zero-order valence-corrected chi connectivity index (χ0v) is 21.9. The Morgan fingerprint density at radius 3 is 2.56 bits per heavy atom. The highest BCUT2D eigenvalue weighted by Gasteiger charge is 2.29. The minimum Gasteiger partial charge on any atom is -0.482 e. The average Bonchev–Trinajstić information content (AvgIpc) is 2.92. The van der Waals surface area contributed by atoms with E-state index in [9.17, 15) is 28.1 Å². The van der Waals surface area contributed by atoms with E-state index in [1.165, 1.54) is 12.1 Å². The molecule has 4 rings (SSSR count). The zero-order valence-electron chi connectivity index (χ0n) is 21.9. The Morgan fingerprint density at radius 2 is 1.88 bits per heavy atom. The molecule has 3 aromatic rings. The molecular weight excluding hydrogens is 545 g/mol. The highest BCUT2D eigenvalue weighted by Crippen LogP contribution is 2.34. The SMILES string of the molecule is C=CC(=O)Nc1cccc(Nc2nc(Nc3ccc(N4CCN(C)CC4)cc3OCC(F)(F)F)ncc2[N+](=O)[O-])c1. The number of nitrogens with one attached hydrogen (secondary N) is 3. The van der Waals surface area contributed by atoms with Crippen molar-refractivity contribution in [1.29, 1.82) is 0 Å². The Labute approximate surface area is 233 Å². The van der Waals surface area contributed by atoms with E-state index >= 15 is 0 Å². The van der Waals surface area contributed by atoms with Gasteiger partial charge in [0.1, 0.15) is 11.9 Å². The van der Waals surface area contributed by atoms with Gasteiger partial charge in [0.2, 0.25) is 17.7 Å². The molecule has 0 bridgehead atoms. The van der Waals surface area contributed by atoms with Gasteiger partial charge in [0, 0.05) is 49.3 Å². The average molecular weight is 573 g/mol. The standard InChI is InChI=1S/C26H27F3N8O4/c1-3-23(38)31-17-5-4-6-18(13-17)32-24-21(37(39)40)15-30-25(34-24)33-20-8-7-19(36-11-9-35(2)10-12-36)14-22(20)41-16-26(27,28)29/h3-8,13-15H,1,9-12,16H2,2H3,(H,31,38)(H2,30,32,33,34). The first-order valence-corrected chi connectivity index (χ1v) is 12.4. The summed E-state index contributed by atoms with van der Waals surface area (Å²) in [6.07, 6.45) is -2.50. The van der Waals surface area contributed by atoms with Crippen molar-refractivity contribution >= 4 is 46.1 Å². The van der Waals surface area contributed by atoms with Crippen molar-refractivity contribution in [3.8, 4) is 5.75 Å². The van der Waals surface area contributed by atoms with Crippen molar-refractivity contribution in [3.05, 3.63) is 71.4 Å². The molecule has 216 valence electrons. The molecule has 1 aliphatic heterocycles. The number of rotatable bonds is 10. The summed E-state index contributed by atoms with van der Waals surface area (Å²) in [5, 5.41) is 19.9. The minimum atomic E-state index is -4.57. The van der Waals surface area contributed by atoms with Gasteiger partial charge in [-0.1, -0.05) is 12.6 Å². The summed E-state index contributed by atoms with van der Waals surface area (Å²) in [4.78, 5) is 34.9. The van der Waals surface area contributed by atoms with E-state index in [4.69, 9.17) is 4.74 Å². The maximum absolute atomic E-state index is 13.0. The number of ether oxygens (including phenoxy) is 1. The van der Waals surface area contributed by atoms with Crippen molar-refractivity contribution in [1.82, 2.24) is 14.9 Å². The fraction of sp³-hybridized carbons (Fsp3) is 0.269. The number of hydrogen-bond acceptors (Lipinski definition) is 10. The van der Waals surface area contributed by atoms with Crippen molar-refractivity contribution < 1.29 is 27.6 Å². The number of alkyl halides is 3. The molecule has 0 unspecified atom stereocenters. The third-order valence-electron chi connectivity index (χ3n) is 6.02. The number of benzene rings is 2. The van der Waals surface area contributed by atoms with Gasteiger partial charge in [-0.2, -0.15) is 18.2 Å². The topological polar surface area (TPSA) is 138 Å². The Morgan fingerprint density at radius 1 is 1.15 bits per heavy atom. The number of nitrogens with zero attached hydrogens (tertiary/aromatic N) is 5. The van der Waals surface area contributed by atoms with Crippen LogP contribution in [0.2, 0.25) is 0 Å². The predicted octanol–water partition coefficient (Wildman–Crippen LogP) is 4.69. The van der Waals surface area contributed by atoms with E-state index in [-0.39, 0.29) is 23.2 Å². The number of anilines is 6. The van der Waals surface area contributed by atoms with Crippen molar-refractivity contribution in [2.45, 2.75) is 6.18 Å². The van der Waals surface area contributed by atoms with Crippen LogP contribution in [0.25, 0.3) is 0 Å². The van der Waals surface area contributed by atoms with Crippen molar-refractivity contribution in [2.24, 2.45) is 0 Å². The first kappa shape index (κ1) is 29.1. The molecule has 41 heavy (non-hydrogen) atoms. The monoisotopic (exact) mass is 572 g/mol. The Bertz CT molecular complexity index is 1430. The summed E-state index contributed by atoms with van der Waals surface area (Å²) in [7, 11) is 1.99. The maximum atomic E-state index is 13.0. The van der Waals surface area contributed by atoms with Crippen LogP contribution in [0.1, 0.15) is 0 Å². The van der Waals surface area contributed by atoms with Gasteiger partial charge < -0.3 is 30.5 Å². The number of likely N-dealkylation sites (N-methyl/N-ethyl adjacent to an activating group) is 1. The van der Waals surface area contributed by atoms with Crippen LogP contribution in [0.5, 0.6) is 5.75 Å². The fourth-order valence-electron chi connectivity index (χ4n) is 3.94. The summed E-state index contributed by atoms with van der Waals surface area (Å²) in [5.41, 5.74) is 1.15. The number of aromatic nitrogens is 2. The number of hydrogen-bond donors (Lipinski definition) is 3. The Balaban J connectivity index is 1.62. The molecule has 0 aliphatic carbocycles. The van der Waals surface area contributed by atoms with Gasteiger partial charge in [-0.15, -0.1) is 0 Å². The maximum Gasteiger partial charge on any atom is 0.422 e. The Hall–Kier alpha value is -4.92. The van der Waals surface area contributed by atoms with E-state index in [0.717, 1.165) is 25.4 Å². The molecule has 12 nitrogen and oxygen atoms in total. The van der Waals surface area contributed by atoms with Crippen LogP contribution in [0, 0.1) is 10.1 Å². The molecule has 1 saturated heterocycles. The number of halogens is 3. The lowest BCUT2D eigenvalue weighted by atomic mass is 10.2. The molecule has 0 spiro atoms. The first-order valence-electron chi connectivity index (χ1n) is 12.4. The summed E-state index contributed by atoms with van der Waals surface area (Å²) in [6.45, 7) is 4.87. The van der Waals surface area contributed by atoms with Crippen LogP contribution in [0.15, 0.2) is 61.3 Å². The quantitative estimate of drug-likeness (QED) is 0.178. The molecule has 0 radical (unpaired) electrons. The molecule has 2 heterocycles. The lowest BCUT2D eigenvalue weighted by molar-refractivity contribution is -0.384. The molecule has 0 saturated carbocycles. The third kappa shape index (κ3) is 8.04. The lowest BCUT2D eigenvalue weighted by Gasteiger charge is -2.34. The number of piperazine rings is 1. The van der Waals surface area contributed by atoms with Gasteiger partial charge in [-0.3, -0.25) is 14.9 Å². The van der Waals surface area contributed by atoms with E-state index in [0.29, 0.717) is 30.2 Å². The van der Waals surface area contributed by atoms with Crippen LogP contribution in [0.4, 0.5) is 53.4 Å².